The second kappa shape index (κ2) is 4.57. The molecule has 0 aliphatic rings. The van der Waals surface area contributed by atoms with Crippen molar-refractivity contribution in [3.05, 3.63) is 57.7 Å². The lowest BCUT2D eigenvalue weighted by atomic mass is 10.0. The van der Waals surface area contributed by atoms with Crippen LogP contribution in [-0.2, 0) is 0 Å². The van der Waals surface area contributed by atoms with Gasteiger partial charge in [0.1, 0.15) is 0 Å². The predicted octanol–water partition coefficient (Wildman–Crippen LogP) is 3.77. The van der Waals surface area contributed by atoms with Crippen molar-refractivity contribution in [1.29, 1.82) is 0 Å². The summed E-state index contributed by atoms with van der Waals surface area (Å²) in [7, 11) is 0. The largest absolute Gasteiger partial charge is 0.298 e. The third-order valence-electron chi connectivity index (χ3n) is 2.24. The first kappa shape index (κ1) is 10.4. The Hall–Kier alpha value is -1.16. The molecular formula is C13H9IO. The van der Waals surface area contributed by atoms with Gasteiger partial charge in [0, 0.05) is 9.13 Å². The van der Waals surface area contributed by atoms with Crippen molar-refractivity contribution in [2.75, 3.05) is 0 Å². The van der Waals surface area contributed by atoms with Crippen molar-refractivity contribution >= 4 is 28.9 Å². The molecule has 0 heterocycles. The average Bonchev–Trinajstić information content (AvgIpc) is 2.30. The molecule has 0 bridgehead atoms. The van der Waals surface area contributed by atoms with Gasteiger partial charge in [0.05, 0.1) is 0 Å². The van der Waals surface area contributed by atoms with E-state index in [1.807, 2.05) is 48.5 Å². The highest BCUT2D eigenvalue weighted by Crippen LogP contribution is 2.26. The van der Waals surface area contributed by atoms with Crippen molar-refractivity contribution in [3.8, 4) is 11.1 Å². The van der Waals surface area contributed by atoms with Crippen LogP contribution >= 0.6 is 22.6 Å². The fraction of sp³-hybridized carbons (Fsp3) is 0. The first-order chi connectivity index (χ1) is 7.33. The Balaban J connectivity index is 2.59. The highest BCUT2D eigenvalue weighted by molar-refractivity contribution is 14.1. The van der Waals surface area contributed by atoms with Gasteiger partial charge in [0.2, 0.25) is 0 Å². The fourth-order valence-corrected chi connectivity index (χ4v) is 2.28. The van der Waals surface area contributed by atoms with Crippen LogP contribution in [0.3, 0.4) is 0 Å². The van der Waals surface area contributed by atoms with Gasteiger partial charge in [-0.15, -0.1) is 0 Å². The number of carbonyl (C=O) groups excluding carboxylic acids is 1. The molecule has 0 aliphatic carbocycles. The molecule has 0 unspecified atom stereocenters. The number of aldehydes is 1. The number of benzene rings is 2. The lowest BCUT2D eigenvalue weighted by Gasteiger charge is -2.05. The summed E-state index contributed by atoms with van der Waals surface area (Å²) in [6.07, 6.45) is 0.897. The zero-order valence-corrected chi connectivity index (χ0v) is 10.1. The van der Waals surface area contributed by atoms with Crippen molar-refractivity contribution in [3.63, 3.8) is 0 Å². The van der Waals surface area contributed by atoms with E-state index in [1.165, 1.54) is 0 Å². The van der Waals surface area contributed by atoms with Gasteiger partial charge in [-0.2, -0.15) is 0 Å². The monoisotopic (exact) mass is 308 g/mol. The Morgan fingerprint density at radius 1 is 0.933 bits per heavy atom. The van der Waals surface area contributed by atoms with Gasteiger partial charge in [-0.05, 0) is 33.7 Å². The first-order valence-electron chi connectivity index (χ1n) is 4.62. The number of rotatable bonds is 2. The topological polar surface area (TPSA) is 17.1 Å². The zero-order valence-electron chi connectivity index (χ0n) is 7.98. The summed E-state index contributed by atoms with van der Waals surface area (Å²) in [6, 6.07) is 15.9. The molecule has 0 saturated carbocycles. The molecule has 0 radical (unpaired) electrons. The average molecular weight is 308 g/mol. The molecule has 0 saturated heterocycles. The summed E-state index contributed by atoms with van der Waals surface area (Å²) in [4.78, 5) is 10.8. The van der Waals surface area contributed by atoms with Crippen LogP contribution in [0.1, 0.15) is 10.4 Å². The third-order valence-corrected chi connectivity index (χ3v) is 3.44. The molecule has 0 N–H and O–H groups in total. The standard InChI is InChI=1S/C13H9IO/c14-13-11(9-15)7-4-8-12(13)10-5-2-1-3-6-10/h1-9H. The van der Waals surface area contributed by atoms with Crippen LogP contribution in [0, 0.1) is 3.57 Å². The summed E-state index contributed by atoms with van der Waals surface area (Å²) in [5, 5.41) is 0. The molecule has 0 atom stereocenters. The SMILES string of the molecule is O=Cc1cccc(-c2ccccc2)c1I. The summed E-state index contributed by atoms with van der Waals surface area (Å²) < 4.78 is 1.01. The van der Waals surface area contributed by atoms with E-state index < -0.39 is 0 Å². The van der Waals surface area contributed by atoms with Crippen LogP contribution in [0.25, 0.3) is 11.1 Å². The summed E-state index contributed by atoms with van der Waals surface area (Å²) in [5.41, 5.74) is 3.00. The summed E-state index contributed by atoms with van der Waals surface area (Å²) in [6.45, 7) is 0. The minimum Gasteiger partial charge on any atom is -0.298 e. The van der Waals surface area contributed by atoms with Gasteiger partial charge in [0.15, 0.2) is 6.29 Å². The molecule has 0 amide bonds. The summed E-state index contributed by atoms with van der Waals surface area (Å²) in [5.74, 6) is 0. The Labute approximate surface area is 102 Å². The summed E-state index contributed by atoms with van der Waals surface area (Å²) >= 11 is 2.21. The van der Waals surface area contributed by atoms with E-state index in [1.54, 1.807) is 0 Å². The molecule has 2 heteroatoms. The predicted molar refractivity (Wildman–Crippen MR) is 70.0 cm³/mol. The molecular weight excluding hydrogens is 299 g/mol. The lowest BCUT2D eigenvalue weighted by molar-refractivity contribution is 0.112. The number of carbonyl (C=O) groups is 1. The van der Waals surface area contributed by atoms with Crippen molar-refractivity contribution in [2.45, 2.75) is 0 Å². The smallest absolute Gasteiger partial charge is 0.151 e. The van der Waals surface area contributed by atoms with E-state index in [-0.39, 0.29) is 0 Å². The maximum Gasteiger partial charge on any atom is 0.151 e. The van der Waals surface area contributed by atoms with Crippen LogP contribution in [0.4, 0.5) is 0 Å². The van der Waals surface area contributed by atoms with Crippen LogP contribution in [0.2, 0.25) is 0 Å². The second-order valence-corrected chi connectivity index (χ2v) is 4.27. The maximum absolute atomic E-state index is 10.8. The molecule has 74 valence electrons. The normalized spacial score (nSPS) is 9.93. The number of halogens is 1. The molecule has 0 spiro atoms. The minimum absolute atomic E-state index is 0.747. The molecule has 2 rings (SSSR count). The number of hydrogen-bond donors (Lipinski definition) is 0. The Morgan fingerprint density at radius 2 is 1.67 bits per heavy atom. The van der Waals surface area contributed by atoms with Crippen LogP contribution in [0.5, 0.6) is 0 Å². The quantitative estimate of drug-likeness (QED) is 0.610. The third kappa shape index (κ3) is 2.09. The molecule has 1 nitrogen and oxygen atoms in total. The van der Waals surface area contributed by atoms with E-state index in [0.717, 1.165) is 26.5 Å². The van der Waals surface area contributed by atoms with Crippen molar-refractivity contribution in [2.24, 2.45) is 0 Å². The maximum atomic E-state index is 10.8. The highest BCUT2D eigenvalue weighted by Gasteiger charge is 2.05. The van der Waals surface area contributed by atoms with Crippen molar-refractivity contribution in [1.82, 2.24) is 0 Å². The highest BCUT2D eigenvalue weighted by atomic mass is 127. The lowest BCUT2D eigenvalue weighted by Crippen LogP contribution is -1.89. The van der Waals surface area contributed by atoms with E-state index in [9.17, 15) is 4.79 Å². The van der Waals surface area contributed by atoms with Crippen LogP contribution in [0.15, 0.2) is 48.5 Å². The fourth-order valence-electron chi connectivity index (χ4n) is 1.48. The molecule has 2 aromatic rings. The van der Waals surface area contributed by atoms with Gasteiger partial charge >= 0.3 is 0 Å². The van der Waals surface area contributed by atoms with Gasteiger partial charge in [-0.3, -0.25) is 4.79 Å². The van der Waals surface area contributed by atoms with Gasteiger partial charge in [-0.1, -0.05) is 48.5 Å². The Kier molecular flexibility index (Phi) is 3.16. The van der Waals surface area contributed by atoms with E-state index in [0.29, 0.717) is 0 Å². The van der Waals surface area contributed by atoms with Crippen molar-refractivity contribution < 1.29 is 4.79 Å². The molecule has 15 heavy (non-hydrogen) atoms. The second-order valence-electron chi connectivity index (χ2n) is 3.19. The number of hydrogen-bond acceptors (Lipinski definition) is 1. The van der Waals surface area contributed by atoms with Crippen LogP contribution in [-0.4, -0.2) is 6.29 Å². The van der Waals surface area contributed by atoms with Crippen LogP contribution < -0.4 is 0 Å². The van der Waals surface area contributed by atoms with E-state index >= 15 is 0 Å². The zero-order chi connectivity index (χ0) is 10.7. The molecule has 0 fully saturated rings. The first-order valence-corrected chi connectivity index (χ1v) is 5.70. The van der Waals surface area contributed by atoms with Gasteiger partial charge in [0.25, 0.3) is 0 Å². The Morgan fingerprint density at radius 3 is 2.33 bits per heavy atom. The van der Waals surface area contributed by atoms with Gasteiger partial charge in [-0.25, -0.2) is 0 Å². The van der Waals surface area contributed by atoms with E-state index in [4.69, 9.17) is 0 Å². The Bertz CT molecular complexity index is 477. The molecule has 0 aromatic heterocycles. The van der Waals surface area contributed by atoms with Gasteiger partial charge < -0.3 is 0 Å². The molecule has 0 aliphatic heterocycles. The molecule has 2 aromatic carbocycles. The van der Waals surface area contributed by atoms with E-state index in [2.05, 4.69) is 22.6 Å². The minimum atomic E-state index is 0.747.